The smallest absolute Gasteiger partial charge is 0.462 e. The summed E-state index contributed by atoms with van der Waals surface area (Å²) in [6, 6.07) is 0. The maximum Gasteiger partial charge on any atom is 0.472 e. The van der Waals surface area contributed by atoms with E-state index in [4.69, 9.17) is 19.1 Å². The number of carbonyl (C=O) groups excluding carboxylic acids is 2. The Labute approximate surface area is 324 Å². The number of esters is 2. The van der Waals surface area contributed by atoms with Gasteiger partial charge in [-0.25, -0.2) is 4.57 Å². The molecule has 1 unspecified atom stereocenters. The third-order valence-corrected chi connectivity index (χ3v) is 10.4. The quantitative estimate of drug-likeness (QED) is 0.0237. The molecule has 3 N–H and O–H groups in total. The second-order valence-corrected chi connectivity index (χ2v) is 16.2. The van der Waals surface area contributed by atoms with Crippen molar-refractivity contribution in [3.63, 3.8) is 0 Å². The van der Waals surface area contributed by atoms with E-state index in [9.17, 15) is 24.2 Å². The molecule has 0 bridgehead atoms. The highest BCUT2D eigenvalue weighted by Crippen LogP contribution is 2.43. The number of aliphatic hydroxyl groups is 2. The summed E-state index contributed by atoms with van der Waals surface area (Å²) in [6.07, 6.45) is 36.0. The fraction of sp³-hybridized carbons (Fsp3) is 0.905. The van der Waals surface area contributed by atoms with Gasteiger partial charge in [0.2, 0.25) is 0 Å². The molecule has 0 amide bonds. The largest absolute Gasteiger partial charge is 0.472 e. The molecular formula is C42H81O10P. The first-order chi connectivity index (χ1) is 25.7. The van der Waals surface area contributed by atoms with Gasteiger partial charge >= 0.3 is 19.8 Å². The monoisotopic (exact) mass is 777 g/mol. The Kier molecular flexibility index (Phi) is 38.0. The zero-order valence-electron chi connectivity index (χ0n) is 34.0. The molecule has 0 aromatic heterocycles. The Hall–Kier alpha value is -1.29. The van der Waals surface area contributed by atoms with Crippen molar-refractivity contribution in [3.05, 3.63) is 12.2 Å². The summed E-state index contributed by atoms with van der Waals surface area (Å²) in [6.45, 7) is 2.38. The van der Waals surface area contributed by atoms with Crippen molar-refractivity contribution in [2.75, 3.05) is 26.4 Å². The lowest BCUT2D eigenvalue weighted by molar-refractivity contribution is -0.161. The zero-order chi connectivity index (χ0) is 39.1. The highest BCUT2D eigenvalue weighted by Gasteiger charge is 2.27. The average molecular weight is 777 g/mol. The lowest BCUT2D eigenvalue weighted by Crippen LogP contribution is -2.29. The maximum absolute atomic E-state index is 12.6. The number of aliphatic hydroxyl groups excluding tert-OH is 2. The van der Waals surface area contributed by atoms with Gasteiger partial charge in [0.25, 0.3) is 0 Å². The predicted octanol–water partition coefficient (Wildman–Crippen LogP) is 11.2. The van der Waals surface area contributed by atoms with Crippen LogP contribution in [-0.4, -0.2) is 65.7 Å². The molecule has 314 valence electrons. The van der Waals surface area contributed by atoms with Crippen LogP contribution < -0.4 is 0 Å². The first-order valence-corrected chi connectivity index (χ1v) is 23.1. The molecule has 0 radical (unpaired) electrons. The van der Waals surface area contributed by atoms with E-state index >= 15 is 0 Å². The topological polar surface area (TPSA) is 149 Å². The molecule has 0 aliphatic carbocycles. The van der Waals surface area contributed by atoms with Crippen LogP contribution in [0, 0.1) is 0 Å². The van der Waals surface area contributed by atoms with Gasteiger partial charge in [0, 0.05) is 12.8 Å². The van der Waals surface area contributed by atoms with Crippen molar-refractivity contribution in [2.24, 2.45) is 0 Å². The third-order valence-electron chi connectivity index (χ3n) is 9.42. The summed E-state index contributed by atoms with van der Waals surface area (Å²) >= 11 is 0. The van der Waals surface area contributed by atoms with E-state index in [1.165, 1.54) is 116 Å². The fourth-order valence-electron chi connectivity index (χ4n) is 6.05. The normalized spacial score (nSPS) is 14.0. The molecule has 0 saturated heterocycles. The summed E-state index contributed by atoms with van der Waals surface area (Å²) in [5.41, 5.74) is 0. The number of rotatable bonds is 41. The molecule has 10 nitrogen and oxygen atoms in total. The lowest BCUT2D eigenvalue weighted by Gasteiger charge is -2.20. The first-order valence-electron chi connectivity index (χ1n) is 21.6. The van der Waals surface area contributed by atoms with E-state index in [-0.39, 0.29) is 19.4 Å². The highest BCUT2D eigenvalue weighted by molar-refractivity contribution is 7.47. The van der Waals surface area contributed by atoms with E-state index < -0.39 is 51.8 Å². The van der Waals surface area contributed by atoms with Gasteiger partial charge in [-0.3, -0.25) is 18.6 Å². The van der Waals surface area contributed by atoms with Gasteiger partial charge in [-0.2, -0.15) is 0 Å². The summed E-state index contributed by atoms with van der Waals surface area (Å²) < 4.78 is 32.7. The number of hydrogen-bond donors (Lipinski definition) is 3. The molecule has 0 saturated carbocycles. The van der Waals surface area contributed by atoms with Crippen molar-refractivity contribution in [3.8, 4) is 0 Å². The van der Waals surface area contributed by atoms with Crippen molar-refractivity contribution in [2.45, 2.75) is 219 Å². The molecule has 11 heteroatoms. The second-order valence-electron chi connectivity index (χ2n) is 14.7. The second kappa shape index (κ2) is 39.0. The minimum absolute atomic E-state index is 0.188. The standard InChI is InChI=1S/C42H81O10P/c1-3-5-7-9-11-13-15-17-19-20-22-24-26-28-30-32-34-42(46)52-40(38-51-53(47,48)50-36-39(44)35-43)37-49-41(45)33-31-29-27-25-23-21-18-16-14-12-10-8-6-4-2/h16,18,39-40,43-44H,3-15,17,19-38H2,1-2H3,(H,47,48)/b18-16+/t39-,40+/m0/s1. The van der Waals surface area contributed by atoms with Crippen LogP contribution in [0.5, 0.6) is 0 Å². The highest BCUT2D eigenvalue weighted by atomic mass is 31.2. The van der Waals surface area contributed by atoms with Crippen LogP contribution in [-0.2, 0) is 32.7 Å². The van der Waals surface area contributed by atoms with Crippen LogP contribution in [0.1, 0.15) is 206 Å². The molecule has 0 rings (SSSR count). The van der Waals surface area contributed by atoms with Gasteiger partial charge in [0.1, 0.15) is 12.7 Å². The van der Waals surface area contributed by atoms with Gasteiger partial charge in [-0.15, -0.1) is 0 Å². The summed E-state index contributed by atoms with van der Waals surface area (Å²) in [5, 5.41) is 18.3. The van der Waals surface area contributed by atoms with Crippen molar-refractivity contribution in [1.82, 2.24) is 0 Å². The number of phosphoric ester groups is 1. The summed E-state index contributed by atoms with van der Waals surface area (Å²) in [7, 11) is -4.61. The van der Waals surface area contributed by atoms with Crippen LogP contribution in [0.2, 0.25) is 0 Å². The number of carbonyl (C=O) groups is 2. The van der Waals surface area contributed by atoms with Gasteiger partial charge in [-0.05, 0) is 38.5 Å². The van der Waals surface area contributed by atoms with Crippen molar-refractivity contribution in [1.29, 1.82) is 0 Å². The molecule has 3 atom stereocenters. The molecule has 0 aromatic rings. The lowest BCUT2D eigenvalue weighted by atomic mass is 10.0. The van der Waals surface area contributed by atoms with Crippen LogP contribution >= 0.6 is 7.82 Å². The SMILES string of the molecule is CCCCCCC/C=C/CCCCCCCC(=O)OC[C@H](COP(=O)(O)OC[C@@H](O)CO)OC(=O)CCCCCCCCCCCCCCCCCC. The van der Waals surface area contributed by atoms with Gasteiger partial charge < -0.3 is 24.6 Å². The molecule has 53 heavy (non-hydrogen) atoms. The van der Waals surface area contributed by atoms with Gasteiger partial charge in [-0.1, -0.05) is 167 Å². The Balaban J connectivity index is 4.28. The van der Waals surface area contributed by atoms with Crippen LogP contribution in [0.25, 0.3) is 0 Å². The predicted molar refractivity (Wildman–Crippen MR) is 215 cm³/mol. The Morgan fingerprint density at radius 2 is 0.925 bits per heavy atom. The number of unbranched alkanes of at least 4 members (excludes halogenated alkanes) is 25. The average Bonchev–Trinajstić information content (AvgIpc) is 3.14. The van der Waals surface area contributed by atoms with E-state index in [0.29, 0.717) is 12.8 Å². The van der Waals surface area contributed by atoms with Crippen molar-refractivity contribution >= 4 is 19.8 Å². The molecular weight excluding hydrogens is 695 g/mol. The Bertz CT molecular complexity index is 899. The molecule has 0 aromatic carbocycles. The minimum Gasteiger partial charge on any atom is -0.462 e. The number of ether oxygens (including phenoxy) is 2. The van der Waals surface area contributed by atoms with E-state index in [2.05, 4.69) is 30.5 Å². The minimum atomic E-state index is -4.61. The first kappa shape index (κ1) is 51.7. The zero-order valence-corrected chi connectivity index (χ0v) is 34.9. The number of phosphoric acid groups is 1. The van der Waals surface area contributed by atoms with E-state index in [1.54, 1.807) is 0 Å². The summed E-state index contributed by atoms with van der Waals surface area (Å²) in [4.78, 5) is 34.9. The molecule has 0 aliphatic rings. The van der Waals surface area contributed by atoms with Gasteiger partial charge in [0.05, 0.1) is 19.8 Å². The van der Waals surface area contributed by atoms with E-state index in [0.717, 1.165) is 51.4 Å². The van der Waals surface area contributed by atoms with E-state index in [1.807, 2.05) is 0 Å². The molecule has 0 spiro atoms. The molecule has 0 heterocycles. The third kappa shape index (κ3) is 38.8. The maximum atomic E-state index is 12.6. The number of allylic oxidation sites excluding steroid dienone is 2. The van der Waals surface area contributed by atoms with Crippen molar-refractivity contribution < 1.29 is 47.8 Å². The molecule has 0 aliphatic heterocycles. The molecule has 0 fully saturated rings. The Morgan fingerprint density at radius 3 is 1.36 bits per heavy atom. The Morgan fingerprint density at radius 1 is 0.547 bits per heavy atom. The number of hydrogen-bond acceptors (Lipinski definition) is 9. The van der Waals surface area contributed by atoms with Crippen LogP contribution in [0.15, 0.2) is 12.2 Å². The fourth-order valence-corrected chi connectivity index (χ4v) is 6.84. The van der Waals surface area contributed by atoms with Gasteiger partial charge in [0.15, 0.2) is 6.10 Å². The van der Waals surface area contributed by atoms with Crippen LogP contribution in [0.3, 0.4) is 0 Å². The van der Waals surface area contributed by atoms with Crippen LogP contribution in [0.4, 0.5) is 0 Å². The summed E-state index contributed by atoms with van der Waals surface area (Å²) in [5.74, 6) is -0.925.